The zero-order valence-corrected chi connectivity index (χ0v) is 25.5. The first-order chi connectivity index (χ1) is 21.9. The predicted molar refractivity (Wildman–Crippen MR) is 169 cm³/mol. The van der Waals surface area contributed by atoms with Crippen LogP contribution in [0.5, 0.6) is 11.5 Å². The van der Waals surface area contributed by atoms with Gasteiger partial charge in [0.25, 0.3) is 0 Å². The van der Waals surface area contributed by atoms with Gasteiger partial charge in [0, 0.05) is 25.6 Å². The van der Waals surface area contributed by atoms with Crippen molar-refractivity contribution in [3.8, 4) is 11.5 Å². The molecule has 1 heterocycles. The normalized spacial score (nSPS) is 14.5. The number of rotatable bonds is 13. The van der Waals surface area contributed by atoms with E-state index in [1.807, 2.05) is 78.9 Å². The fourth-order valence-corrected chi connectivity index (χ4v) is 6.57. The zero-order chi connectivity index (χ0) is 31.2. The summed E-state index contributed by atoms with van der Waals surface area (Å²) in [5, 5.41) is 3.03. The third-order valence-corrected chi connectivity index (χ3v) is 9.39. The van der Waals surface area contributed by atoms with E-state index in [9.17, 15) is 18.0 Å². The minimum Gasteiger partial charge on any atom is -0.454 e. The van der Waals surface area contributed by atoms with Crippen molar-refractivity contribution >= 4 is 21.8 Å². The molecule has 0 radical (unpaired) electrons. The number of amides is 2. The van der Waals surface area contributed by atoms with E-state index in [4.69, 9.17) is 9.47 Å². The topological polar surface area (TPSA) is 114 Å². The Morgan fingerprint density at radius 2 is 1.47 bits per heavy atom. The van der Waals surface area contributed by atoms with E-state index < -0.39 is 16.1 Å². The van der Waals surface area contributed by atoms with Crippen LogP contribution in [0.25, 0.3) is 0 Å². The van der Waals surface area contributed by atoms with Crippen molar-refractivity contribution < 1.29 is 27.5 Å². The number of hydrogen-bond donors (Lipinski definition) is 2. The van der Waals surface area contributed by atoms with E-state index in [1.54, 1.807) is 29.2 Å². The van der Waals surface area contributed by atoms with Crippen LogP contribution in [0, 0.1) is 0 Å². The average Bonchev–Trinajstić information content (AvgIpc) is 3.74. The molecule has 9 nitrogen and oxygen atoms in total. The van der Waals surface area contributed by atoms with Gasteiger partial charge in [0.15, 0.2) is 11.5 Å². The highest BCUT2D eigenvalue weighted by Crippen LogP contribution is 2.33. The van der Waals surface area contributed by atoms with Crippen molar-refractivity contribution in [2.75, 3.05) is 6.79 Å². The maximum atomic E-state index is 14.0. The van der Waals surface area contributed by atoms with E-state index in [1.165, 1.54) is 0 Å². The summed E-state index contributed by atoms with van der Waals surface area (Å²) in [6.45, 7) is 0.649. The summed E-state index contributed by atoms with van der Waals surface area (Å²) in [6, 6.07) is 30.2. The number of sulfonamides is 1. The molecule has 1 unspecified atom stereocenters. The average molecular weight is 626 g/mol. The largest absolute Gasteiger partial charge is 0.454 e. The molecule has 45 heavy (non-hydrogen) atoms. The molecular weight excluding hydrogens is 590 g/mol. The summed E-state index contributed by atoms with van der Waals surface area (Å²) < 4.78 is 38.7. The van der Waals surface area contributed by atoms with Crippen molar-refractivity contribution in [2.24, 2.45) is 0 Å². The summed E-state index contributed by atoms with van der Waals surface area (Å²) in [7, 11) is -3.56. The zero-order valence-electron chi connectivity index (χ0n) is 24.7. The van der Waals surface area contributed by atoms with Gasteiger partial charge in [-0.2, -0.15) is 0 Å². The molecule has 10 heteroatoms. The molecule has 2 amide bonds. The molecule has 1 aliphatic carbocycles. The number of aryl methyl sites for hydroxylation is 1. The minimum atomic E-state index is -3.56. The van der Waals surface area contributed by atoms with Crippen LogP contribution in [0.15, 0.2) is 108 Å². The second-order valence-electron chi connectivity index (χ2n) is 11.3. The van der Waals surface area contributed by atoms with Crippen LogP contribution in [0.2, 0.25) is 0 Å². The lowest BCUT2D eigenvalue weighted by atomic mass is 10.0. The molecule has 1 saturated carbocycles. The number of nitrogens with zero attached hydrogens (tertiary/aromatic N) is 1. The summed E-state index contributed by atoms with van der Waals surface area (Å²) in [5.74, 6) is 0.795. The van der Waals surface area contributed by atoms with Crippen molar-refractivity contribution in [2.45, 2.75) is 55.8 Å². The van der Waals surface area contributed by atoms with E-state index >= 15 is 0 Å². The van der Waals surface area contributed by atoms with E-state index in [2.05, 4.69) is 10.0 Å². The van der Waals surface area contributed by atoms with Gasteiger partial charge in [0.05, 0.1) is 4.90 Å². The van der Waals surface area contributed by atoms with Crippen LogP contribution < -0.4 is 19.5 Å². The Kier molecular flexibility index (Phi) is 9.13. The standard InChI is InChI=1S/C35H35N3O6S/c39-33(20-14-25-11-17-30(18-12-25)45(41,42)37-29-15-16-29)38(23-26-7-3-1-4-8-26)34(28-9-5-2-6-10-28)35(40)36-22-27-13-19-31-32(21-27)44-24-43-31/h1-13,17-19,21,29,34,37H,14-16,20,22-24H2,(H,36,40). The fourth-order valence-electron chi connectivity index (χ4n) is 5.27. The number of fused-ring (bicyclic) bond motifs is 1. The van der Waals surface area contributed by atoms with Gasteiger partial charge in [-0.15, -0.1) is 0 Å². The van der Waals surface area contributed by atoms with E-state index in [0.29, 0.717) is 23.5 Å². The molecule has 1 aliphatic heterocycles. The summed E-state index contributed by atoms with van der Waals surface area (Å²) in [5.41, 5.74) is 3.27. The number of carbonyl (C=O) groups excluding carboxylic acids is 2. The molecule has 2 N–H and O–H groups in total. The first-order valence-corrected chi connectivity index (χ1v) is 16.5. The quantitative estimate of drug-likeness (QED) is 0.219. The Labute approximate surface area is 263 Å². The molecular formula is C35H35N3O6S. The Morgan fingerprint density at radius 3 is 2.18 bits per heavy atom. The van der Waals surface area contributed by atoms with Gasteiger partial charge in [-0.25, -0.2) is 13.1 Å². The second kappa shape index (κ2) is 13.5. The first-order valence-electron chi connectivity index (χ1n) is 15.0. The third-order valence-electron chi connectivity index (χ3n) is 7.86. The molecule has 0 spiro atoms. The maximum absolute atomic E-state index is 14.0. The first kappa shape index (κ1) is 30.4. The second-order valence-corrected chi connectivity index (χ2v) is 13.0. The summed E-state index contributed by atoms with van der Waals surface area (Å²) in [4.78, 5) is 29.8. The Morgan fingerprint density at radius 1 is 0.800 bits per heavy atom. The number of nitrogens with one attached hydrogen (secondary N) is 2. The van der Waals surface area contributed by atoms with Gasteiger partial charge in [-0.1, -0.05) is 78.9 Å². The minimum absolute atomic E-state index is 0.0228. The fraction of sp³-hybridized carbons (Fsp3) is 0.257. The highest BCUT2D eigenvalue weighted by atomic mass is 32.2. The molecule has 1 atom stereocenters. The SMILES string of the molecule is O=C(NCc1ccc2c(c1)OCO2)C(c1ccccc1)N(Cc1ccccc1)C(=O)CCc1ccc(S(=O)(=O)NC2CC2)cc1. The van der Waals surface area contributed by atoms with Crippen molar-refractivity contribution in [3.05, 3.63) is 125 Å². The number of benzene rings is 4. The molecule has 1 fully saturated rings. The lowest BCUT2D eigenvalue weighted by Crippen LogP contribution is -2.43. The molecule has 4 aromatic carbocycles. The number of hydrogen-bond acceptors (Lipinski definition) is 6. The monoisotopic (exact) mass is 625 g/mol. The van der Waals surface area contributed by atoms with Crippen LogP contribution in [-0.2, 0) is 39.1 Å². The van der Waals surface area contributed by atoms with Crippen LogP contribution in [0.3, 0.4) is 0 Å². The third kappa shape index (κ3) is 7.71. The van der Waals surface area contributed by atoms with Crippen molar-refractivity contribution in [1.82, 2.24) is 14.9 Å². The molecule has 2 aliphatic rings. The van der Waals surface area contributed by atoms with E-state index in [-0.39, 0.29) is 49.1 Å². The molecule has 0 saturated heterocycles. The Hall–Kier alpha value is -4.67. The molecule has 6 rings (SSSR count). The number of ether oxygens (including phenoxy) is 2. The molecule has 4 aromatic rings. The number of carbonyl (C=O) groups is 2. The lowest BCUT2D eigenvalue weighted by Gasteiger charge is -2.32. The van der Waals surface area contributed by atoms with E-state index in [0.717, 1.165) is 29.5 Å². The van der Waals surface area contributed by atoms with Gasteiger partial charge in [-0.3, -0.25) is 9.59 Å². The van der Waals surface area contributed by atoms with Crippen LogP contribution >= 0.6 is 0 Å². The van der Waals surface area contributed by atoms with Gasteiger partial charge in [-0.05, 0) is 65.8 Å². The smallest absolute Gasteiger partial charge is 0.247 e. The van der Waals surface area contributed by atoms with Crippen LogP contribution in [0.4, 0.5) is 0 Å². The molecule has 0 aromatic heterocycles. The Bertz CT molecular complexity index is 1740. The van der Waals surface area contributed by atoms with Crippen molar-refractivity contribution in [1.29, 1.82) is 0 Å². The van der Waals surface area contributed by atoms with Crippen molar-refractivity contribution in [3.63, 3.8) is 0 Å². The van der Waals surface area contributed by atoms with Gasteiger partial charge >= 0.3 is 0 Å². The Balaban J connectivity index is 1.21. The summed E-state index contributed by atoms with van der Waals surface area (Å²) in [6.07, 6.45) is 2.25. The van der Waals surface area contributed by atoms with Gasteiger partial charge < -0.3 is 19.7 Å². The highest BCUT2D eigenvalue weighted by Gasteiger charge is 2.32. The van der Waals surface area contributed by atoms with Crippen LogP contribution in [0.1, 0.15) is 47.6 Å². The summed E-state index contributed by atoms with van der Waals surface area (Å²) >= 11 is 0. The van der Waals surface area contributed by atoms with Crippen LogP contribution in [-0.4, -0.2) is 38.0 Å². The lowest BCUT2D eigenvalue weighted by molar-refractivity contribution is -0.141. The molecule has 0 bridgehead atoms. The van der Waals surface area contributed by atoms with Gasteiger partial charge in [0.1, 0.15) is 6.04 Å². The maximum Gasteiger partial charge on any atom is 0.247 e. The highest BCUT2D eigenvalue weighted by molar-refractivity contribution is 7.89. The van der Waals surface area contributed by atoms with Gasteiger partial charge in [0.2, 0.25) is 28.6 Å². The predicted octanol–water partition coefficient (Wildman–Crippen LogP) is 4.88. The molecule has 232 valence electrons.